The quantitative estimate of drug-likeness (QED) is 0.715. The standard InChI is InChI=1S/C21H29ClN4O2/c22-18-7-4-8-19(15-18)26-13-11-25(12-14-26)16-20(27)24-21(28)23-10-9-17-5-2-1-3-6-17/h4-5,7-8,15H,1-3,6,9-14,16H2,(H2,23,24,27,28). The Bertz CT molecular complexity index is 714. The van der Waals surface area contributed by atoms with Crippen LogP contribution in [0.4, 0.5) is 10.5 Å². The Hall–Kier alpha value is -2.05. The van der Waals surface area contributed by atoms with Gasteiger partial charge in [-0.25, -0.2) is 4.79 Å². The number of piperazine rings is 1. The van der Waals surface area contributed by atoms with Crippen LogP contribution in [0.15, 0.2) is 35.9 Å². The number of hydrogen-bond donors (Lipinski definition) is 2. The van der Waals surface area contributed by atoms with Crippen molar-refractivity contribution in [1.29, 1.82) is 0 Å². The van der Waals surface area contributed by atoms with Gasteiger partial charge in [-0.1, -0.05) is 29.3 Å². The van der Waals surface area contributed by atoms with E-state index >= 15 is 0 Å². The average Bonchev–Trinajstić information content (AvgIpc) is 2.69. The normalized spacial score (nSPS) is 17.8. The van der Waals surface area contributed by atoms with E-state index in [1.54, 1.807) is 0 Å². The molecule has 3 rings (SSSR count). The van der Waals surface area contributed by atoms with Crippen LogP contribution in [0, 0.1) is 0 Å². The van der Waals surface area contributed by atoms with Crippen molar-refractivity contribution in [3.05, 3.63) is 40.9 Å². The van der Waals surface area contributed by atoms with Gasteiger partial charge >= 0.3 is 6.03 Å². The summed E-state index contributed by atoms with van der Waals surface area (Å²) < 4.78 is 0. The molecule has 1 aromatic carbocycles. The number of amides is 3. The highest BCUT2D eigenvalue weighted by Crippen LogP contribution is 2.21. The molecule has 0 atom stereocenters. The molecule has 28 heavy (non-hydrogen) atoms. The molecule has 0 unspecified atom stereocenters. The highest BCUT2D eigenvalue weighted by Gasteiger charge is 2.20. The third-order valence-corrected chi connectivity index (χ3v) is 5.52. The number of imide groups is 1. The molecule has 1 aliphatic carbocycles. The topological polar surface area (TPSA) is 64.7 Å². The average molecular weight is 405 g/mol. The van der Waals surface area contributed by atoms with Gasteiger partial charge in [0.25, 0.3) is 0 Å². The lowest BCUT2D eigenvalue weighted by molar-refractivity contribution is -0.121. The van der Waals surface area contributed by atoms with Crippen molar-refractivity contribution in [2.24, 2.45) is 0 Å². The van der Waals surface area contributed by atoms with E-state index < -0.39 is 6.03 Å². The minimum absolute atomic E-state index is 0.238. The summed E-state index contributed by atoms with van der Waals surface area (Å²) in [5.41, 5.74) is 2.51. The molecule has 1 fully saturated rings. The smallest absolute Gasteiger partial charge is 0.321 e. The molecular weight excluding hydrogens is 376 g/mol. The molecule has 2 aliphatic rings. The molecule has 0 radical (unpaired) electrons. The second kappa shape index (κ2) is 10.5. The molecule has 7 heteroatoms. The number of benzene rings is 1. The molecule has 3 amide bonds. The summed E-state index contributed by atoms with van der Waals surface area (Å²) in [7, 11) is 0. The molecule has 1 heterocycles. The predicted octanol–water partition coefficient (Wildman–Crippen LogP) is 3.18. The molecule has 1 saturated heterocycles. The zero-order chi connectivity index (χ0) is 19.8. The van der Waals surface area contributed by atoms with Crippen LogP contribution < -0.4 is 15.5 Å². The highest BCUT2D eigenvalue weighted by atomic mass is 35.5. The van der Waals surface area contributed by atoms with Gasteiger partial charge in [0, 0.05) is 43.4 Å². The SMILES string of the molecule is O=C(CN1CCN(c2cccc(Cl)c2)CC1)NC(=O)NCCC1=CCCCC1. The number of nitrogens with zero attached hydrogens (tertiary/aromatic N) is 2. The van der Waals surface area contributed by atoms with Gasteiger partial charge in [-0.15, -0.1) is 0 Å². The van der Waals surface area contributed by atoms with Crippen LogP contribution in [0.2, 0.25) is 5.02 Å². The predicted molar refractivity (Wildman–Crippen MR) is 113 cm³/mol. The summed E-state index contributed by atoms with van der Waals surface area (Å²) >= 11 is 6.06. The van der Waals surface area contributed by atoms with Crippen LogP contribution in [0.1, 0.15) is 32.1 Å². The first-order valence-electron chi connectivity index (χ1n) is 10.1. The van der Waals surface area contributed by atoms with Crippen LogP contribution in [0.3, 0.4) is 0 Å². The lowest BCUT2D eigenvalue weighted by Gasteiger charge is -2.35. The molecule has 2 N–H and O–H groups in total. The van der Waals surface area contributed by atoms with E-state index in [4.69, 9.17) is 11.6 Å². The van der Waals surface area contributed by atoms with Gasteiger partial charge < -0.3 is 10.2 Å². The number of carbonyl (C=O) groups excluding carboxylic acids is 2. The summed E-state index contributed by atoms with van der Waals surface area (Å²) in [6, 6.07) is 7.41. The Labute approximate surface area is 171 Å². The second-order valence-electron chi connectivity index (χ2n) is 7.41. The minimum atomic E-state index is -0.404. The van der Waals surface area contributed by atoms with Gasteiger partial charge in [-0.2, -0.15) is 0 Å². The maximum absolute atomic E-state index is 12.1. The Morgan fingerprint density at radius 1 is 1.11 bits per heavy atom. The van der Waals surface area contributed by atoms with Crippen LogP contribution in [-0.4, -0.2) is 56.1 Å². The van der Waals surface area contributed by atoms with Crippen LogP contribution in [0.25, 0.3) is 0 Å². The van der Waals surface area contributed by atoms with Crippen LogP contribution in [-0.2, 0) is 4.79 Å². The Kier molecular flexibility index (Phi) is 7.74. The van der Waals surface area contributed by atoms with Crippen LogP contribution >= 0.6 is 11.6 Å². The summed E-state index contributed by atoms with van der Waals surface area (Å²) in [5, 5.41) is 5.94. The number of urea groups is 1. The Morgan fingerprint density at radius 3 is 2.64 bits per heavy atom. The number of anilines is 1. The molecular formula is C21H29ClN4O2. The Morgan fingerprint density at radius 2 is 1.93 bits per heavy atom. The van der Waals surface area contributed by atoms with Gasteiger partial charge in [-0.05, 0) is 50.3 Å². The van der Waals surface area contributed by atoms with E-state index in [-0.39, 0.29) is 12.5 Å². The zero-order valence-electron chi connectivity index (χ0n) is 16.3. The first-order chi connectivity index (χ1) is 13.6. The van der Waals surface area contributed by atoms with E-state index in [0.29, 0.717) is 6.54 Å². The zero-order valence-corrected chi connectivity index (χ0v) is 17.0. The number of carbonyl (C=O) groups is 2. The van der Waals surface area contributed by atoms with Gasteiger partial charge in [0.05, 0.1) is 6.54 Å². The Balaban J connectivity index is 1.32. The van der Waals surface area contributed by atoms with Gasteiger partial charge in [0.2, 0.25) is 5.91 Å². The van der Waals surface area contributed by atoms with E-state index in [1.807, 2.05) is 24.3 Å². The molecule has 0 bridgehead atoms. The van der Waals surface area contributed by atoms with Crippen molar-refractivity contribution in [3.63, 3.8) is 0 Å². The number of nitrogens with one attached hydrogen (secondary N) is 2. The van der Waals surface area contributed by atoms with Crippen LogP contribution in [0.5, 0.6) is 0 Å². The summed E-state index contributed by atoms with van der Waals surface area (Å²) in [4.78, 5) is 28.4. The molecule has 0 saturated carbocycles. The first kappa shape index (κ1) is 20.7. The third kappa shape index (κ3) is 6.53. The molecule has 0 aromatic heterocycles. The number of rotatable bonds is 6. The molecule has 1 aliphatic heterocycles. The summed E-state index contributed by atoms with van der Waals surface area (Å²) in [6.07, 6.45) is 7.92. The van der Waals surface area contributed by atoms with Crippen molar-refractivity contribution >= 4 is 29.2 Å². The van der Waals surface area contributed by atoms with E-state index in [0.717, 1.165) is 56.2 Å². The first-order valence-corrected chi connectivity index (χ1v) is 10.5. The monoisotopic (exact) mass is 404 g/mol. The maximum Gasteiger partial charge on any atom is 0.321 e. The van der Waals surface area contributed by atoms with Crippen molar-refractivity contribution in [2.45, 2.75) is 32.1 Å². The fourth-order valence-electron chi connectivity index (χ4n) is 3.72. The number of halogens is 1. The fourth-order valence-corrected chi connectivity index (χ4v) is 3.90. The van der Waals surface area contributed by atoms with Crippen molar-refractivity contribution in [2.75, 3.05) is 44.2 Å². The lowest BCUT2D eigenvalue weighted by Crippen LogP contribution is -2.51. The lowest BCUT2D eigenvalue weighted by atomic mass is 9.97. The number of allylic oxidation sites excluding steroid dienone is 1. The second-order valence-corrected chi connectivity index (χ2v) is 7.84. The van der Waals surface area contributed by atoms with Gasteiger partial charge in [-0.3, -0.25) is 15.0 Å². The fraction of sp³-hybridized carbons (Fsp3) is 0.524. The summed E-state index contributed by atoms with van der Waals surface area (Å²) in [5.74, 6) is -0.259. The van der Waals surface area contributed by atoms with Gasteiger partial charge in [0.15, 0.2) is 0 Å². The van der Waals surface area contributed by atoms with Crippen molar-refractivity contribution < 1.29 is 9.59 Å². The van der Waals surface area contributed by atoms with Crippen molar-refractivity contribution in [1.82, 2.24) is 15.5 Å². The molecule has 152 valence electrons. The number of hydrogen-bond acceptors (Lipinski definition) is 4. The van der Waals surface area contributed by atoms with Gasteiger partial charge in [0.1, 0.15) is 0 Å². The minimum Gasteiger partial charge on any atom is -0.369 e. The third-order valence-electron chi connectivity index (χ3n) is 5.28. The van der Waals surface area contributed by atoms with E-state index in [9.17, 15) is 9.59 Å². The van der Waals surface area contributed by atoms with Crippen molar-refractivity contribution in [3.8, 4) is 0 Å². The molecule has 0 spiro atoms. The highest BCUT2D eigenvalue weighted by molar-refractivity contribution is 6.30. The molecule has 6 nitrogen and oxygen atoms in total. The van der Waals surface area contributed by atoms with E-state index in [2.05, 4.69) is 26.5 Å². The van der Waals surface area contributed by atoms with E-state index in [1.165, 1.54) is 18.4 Å². The largest absolute Gasteiger partial charge is 0.369 e. The maximum atomic E-state index is 12.1. The summed E-state index contributed by atoms with van der Waals surface area (Å²) in [6.45, 7) is 4.01. The molecule has 1 aromatic rings.